The van der Waals surface area contributed by atoms with Crippen molar-refractivity contribution in [1.29, 1.82) is 0 Å². The molecule has 0 spiro atoms. The van der Waals surface area contributed by atoms with Gasteiger partial charge in [-0.15, -0.1) is 12.8 Å². The van der Waals surface area contributed by atoms with E-state index in [1.165, 1.54) is 31.6 Å². The van der Waals surface area contributed by atoms with Gasteiger partial charge in [-0.25, -0.2) is 4.98 Å². The minimum Gasteiger partial charge on any atom is -0.340 e. The molecule has 1 aromatic heterocycles. The number of aryl methyl sites for hydroxylation is 1. The number of piperidine rings is 1. The number of nitrogens with two attached hydrogens (primary N) is 1. The van der Waals surface area contributed by atoms with E-state index in [9.17, 15) is 0 Å². The van der Waals surface area contributed by atoms with Gasteiger partial charge in [0.1, 0.15) is 0 Å². The highest BCUT2D eigenvalue weighted by atomic mass is 32.1. The third kappa shape index (κ3) is 4.01. The van der Waals surface area contributed by atoms with Crippen LogP contribution in [0.1, 0.15) is 38.3 Å². The van der Waals surface area contributed by atoms with E-state index in [0.717, 1.165) is 0 Å². The van der Waals surface area contributed by atoms with Gasteiger partial charge in [-0.2, -0.15) is 0 Å². The lowest BCUT2D eigenvalue weighted by atomic mass is 9.94. The van der Waals surface area contributed by atoms with Crippen molar-refractivity contribution in [3.63, 3.8) is 0 Å². The maximum atomic E-state index is 4.47. The molecule has 2 rings (SSSR count). The second-order valence-corrected chi connectivity index (χ2v) is 4.89. The molecule has 0 aliphatic carbocycles. The first-order valence-electron chi connectivity index (χ1n) is 6.14. The number of thiol groups is 1. The Labute approximate surface area is 110 Å². The van der Waals surface area contributed by atoms with Gasteiger partial charge in [0, 0.05) is 31.7 Å². The summed E-state index contributed by atoms with van der Waals surface area (Å²) in [5, 5.41) is 4.19. The molecule has 1 saturated heterocycles. The first-order valence-corrected chi connectivity index (χ1v) is 6.66. The fourth-order valence-electron chi connectivity index (χ4n) is 2.36. The number of aromatic nitrogens is 2. The maximum Gasteiger partial charge on any atom is 0.0946 e. The quantitative estimate of drug-likeness (QED) is 0.793. The SMILES string of the molecule is CC(C)N1CCCC(c2cn(C)cn2)C1.NS. The highest BCUT2D eigenvalue weighted by Crippen LogP contribution is 2.26. The van der Waals surface area contributed by atoms with Gasteiger partial charge < -0.3 is 9.47 Å². The molecular weight excluding hydrogens is 232 g/mol. The molecule has 0 radical (unpaired) electrons. The number of likely N-dealkylation sites (tertiary alicyclic amines) is 1. The van der Waals surface area contributed by atoms with E-state index < -0.39 is 0 Å². The summed E-state index contributed by atoms with van der Waals surface area (Å²) in [7, 11) is 2.04. The first-order chi connectivity index (χ1) is 8.16. The summed E-state index contributed by atoms with van der Waals surface area (Å²) in [6.07, 6.45) is 6.66. The van der Waals surface area contributed by atoms with E-state index in [-0.39, 0.29) is 0 Å². The highest BCUT2D eigenvalue weighted by molar-refractivity contribution is 7.77. The summed E-state index contributed by atoms with van der Waals surface area (Å²) in [5.74, 6) is 0.641. The summed E-state index contributed by atoms with van der Waals surface area (Å²) in [6, 6.07) is 0.663. The van der Waals surface area contributed by atoms with Gasteiger partial charge in [0.15, 0.2) is 0 Å². The van der Waals surface area contributed by atoms with Crippen LogP contribution in [0, 0.1) is 0 Å². The fourth-order valence-corrected chi connectivity index (χ4v) is 2.36. The Balaban J connectivity index is 0.000000686. The van der Waals surface area contributed by atoms with E-state index in [1.54, 1.807) is 0 Å². The lowest BCUT2D eigenvalue weighted by Crippen LogP contribution is -2.39. The summed E-state index contributed by atoms with van der Waals surface area (Å²) >= 11 is 3.03. The summed E-state index contributed by atoms with van der Waals surface area (Å²) in [6.45, 7) is 6.98. The van der Waals surface area contributed by atoms with Gasteiger partial charge in [-0.1, -0.05) is 0 Å². The molecule has 1 aromatic rings. The zero-order valence-corrected chi connectivity index (χ0v) is 11.9. The van der Waals surface area contributed by atoms with E-state index in [2.05, 4.69) is 47.9 Å². The van der Waals surface area contributed by atoms with Crippen LogP contribution < -0.4 is 5.14 Å². The van der Waals surface area contributed by atoms with Crippen molar-refractivity contribution in [1.82, 2.24) is 14.5 Å². The Bertz CT molecular complexity index is 324. The van der Waals surface area contributed by atoms with Crippen LogP contribution in [-0.4, -0.2) is 33.6 Å². The summed E-state index contributed by atoms with van der Waals surface area (Å²) in [4.78, 5) is 7.03. The molecule has 2 N–H and O–H groups in total. The minimum atomic E-state index is 0.641. The Morgan fingerprint density at radius 1 is 1.47 bits per heavy atom. The summed E-state index contributed by atoms with van der Waals surface area (Å²) in [5.41, 5.74) is 1.27. The monoisotopic (exact) mass is 256 g/mol. The van der Waals surface area contributed by atoms with Crippen LogP contribution >= 0.6 is 12.8 Å². The molecule has 1 aliphatic heterocycles. The minimum absolute atomic E-state index is 0.641. The molecular formula is C12H24N4S. The van der Waals surface area contributed by atoms with Gasteiger partial charge in [0.05, 0.1) is 12.0 Å². The number of hydrogen-bond acceptors (Lipinski definition) is 4. The van der Waals surface area contributed by atoms with Gasteiger partial charge in [-0.3, -0.25) is 5.14 Å². The Hall–Kier alpha value is -0.520. The number of hydrogen-bond donors (Lipinski definition) is 2. The second-order valence-electron chi connectivity index (χ2n) is 4.89. The summed E-state index contributed by atoms with van der Waals surface area (Å²) < 4.78 is 2.05. The molecule has 1 fully saturated rings. The van der Waals surface area contributed by atoms with Gasteiger partial charge in [0.25, 0.3) is 0 Å². The zero-order chi connectivity index (χ0) is 12.8. The molecule has 2 heterocycles. The maximum absolute atomic E-state index is 4.47. The molecule has 0 saturated carbocycles. The van der Waals surface area contributed by atoms with E-state index in [0.29, 0.717) is 12.0 Å². The number of imidazole rings is 1. The largest absolute Gasteiger partial charge is 0.340 e. The van der Waals surface area contributed by atoms with Crippen molar-refractivity contribution in [3.05, 3.63) is 18.2 Å². The van der Waals surface area contributed by atoms with Crippen LogP contribution in [0.3, 0.4) is 0 Å². The van der Waals surface area contributed by atoms with Gasteiger partial charge in [0.2, 0.25) is 0 Å². The van der Waals surface area contributed by atoms with Crippen molar-refractivity contribution in [2.75, 3.05) is 13.1 Å². The molecule has 17 heavy (non-hydrogen) atoms. The molecule has 1 atom stereocenters. The topological polar surface area (TPSA) is 47.1 Å². The average molecular weight is 256 g/mol. The lowest BCUT2D eigenvalue weighted by Gasteiger charge is -2.34. The van der Waals surface area contributed by atoms with E-state index in [4.69, 9.17) is 0 Å². The van der Waals surface area contributed by atoms with Crippen LogP contribution in [0.4, 0.5) is 0 Å². The predicted octanol–water partition coefficient (Wildman–Crippen LogP) is 1.80. The Morgan fingerprint density at radius 3 is 2.71 bits per heavy atom. The van der Waals surface area contributed by atoms with E-state index in [1.807, 2.05) is 17.9 Å². The lowest BCUT2D eigenvalue weighted by molar-refractivity contribution is 0.166. The molecule has 0 bridgehead atoms. The molecule has 98 valence electrons. The average Bonchev–Trinajstić information content (AvgIpc) is 2.79. The third-order valence-electron chi connectivity index (χ3n) is 3.33. The van der Waals surface area contributed by atoms with Crippen molar-refractivity contribution in [2.45, 2.75) is 38.6 Å². The normalized spacial score (nSPS) is 21.2. The first kappa shape index (κ1) is 14.5. The Kier molecular flexibility index (Phi) is 6.02. The van der Waals surface area contributed by atoms with Gasteiger partial charge in [-0.05, 0) is 33.2 Å². The molecule has 0 amide bonds. The molecule has 5 heteroatoms. The predicted molar refractivity (Wildman–Crippen MR) is 75.1 cm³/mol. The van der Waals surface area contributed by atoms with Crippen LogP contribution in [-0.2, 0) is 7.05 Å². The smallest absolute Gasteiger partial charge is 0.0946 e. The van der Waals surface area contributed by atoms with Crippen molar-refractivity contribution in [3.8, 4) is 0 Å². The van der Waals surface area contributed by atoms with Crippen LogP contribution in [0.5, 0.6) is 0 Å². The van der Waals surface area contributed by atoms with Crippen molar-refractivity contribution in [2.24, 2.45) is 12.2 Å². The third-order valence-corrected chi connectivity index (χ3v) is 3.33. The fraction of sp³-hybridized carbons (Fsp3) is 0.750. The Morgan fingerprint density at radius 2 is 2.18 bits per heavy atom. The molecule has 1 aliphatic rings. The molecule has 4 nitrogen and oxygen atoms in total. The van der Waals surface area contributed by atoms with Crippen molar-refractivity contribution < 1.29 is 0 Å². The standard InChI is InChI=1S/C12H21N3.H3NS/c1-10(2)15-6-4-5-11(7-15)12-8-14(3)9-13-12;1-2/h8-11H,4-7H2,1-3H3;2H,1H2. The van der Waals surface area contributed by atoms with Crippen molar-refractivity contribution >= 4 is 12.8 Å². The second kappa shape index (κ2) is 7.03. The number of rotatable bonds is 2. The highest BCUT2D eigenvalue weighted by Gasteiger charge is 2.23. The zero-order valence-electron chi connectivity index (χ0n) is 11.0. The number of nitrogens with zero attached hydrogens (tertiary/aromatic N) is 3. The van der Waals surface area contributed by atoms with Crippen LogP contribution in [0.15, 0.2) is 12.5 Å². The van der Waals surface area contributed by atoms with Gasteiger partial charge >= 0.3 is 0 Å². The molecule has 1 unspecified atom stereocenters. The van der Waals surface area contributed by atoms with E-state index >= 15 is 0 Å². The van der Waals surface area contributed by atoms with Crippen LogP contribution in [0.25, 0.3) is 0 Å². The van der Waals surface area contributed by atoms with Crippen LogP contribution in [0.2, 0.25) is 0 Å². The molecule has 0 aromatic carbocycles.